The van der Waals surface area contributed by atoms with Gasteiger partial charge in [0.1, 0.15) is 0 Å². The van der Waals surface area contributed by atoms with E-state index in [0.29, 0.717) is 6.54 Å². The molecule has 0 unspecified atom stereocenters. The van der Waals surface area contributed by atoms with E-state index in [9.17, 15) is 0 Å². The fourth-order valence-corrected chi connectivity index (χ4v) is 3.59. The minimum atomic E-state index is 0.713. The molecule has 0 atom stereocenters. The van der Waals surface area contributed by atoms with Gasteiger partial charge < -0.3 is 4.57 Å². The highest BCUT2D eigenvalue weighted by atomic mass is 35.5. The first-order valence-corrected chi connectivity index (χ1v) is 9.02. The summed E-state index contributed by atoms with van der Waals surface area (Å²) >= 11 is 7.65. The molecule has 2 nitrogen and oxygen atoms in total. The van der Waals surface area contributed by atoms with Crippen LogP contribution in [0.1, 0.15) is 11.1 Å². The molecule has 0 fully saturated rings. The fraction of sp³-hybridized carbons (Fsp3) is 0.150. The van der Waals surface area contributed by atoms with Gasteiger partial charge in [-0.3, -0.25) is 0 Å². The van der Waals surface area contributed by atoms with Crippen molar-refractivity contribution in [3.8, 4) is 11.3 Å². The molecule has 0 aliphatic rings. The largest absolute Gasteiger partial charge is 0.313 e. The molecule has 4 heteroatoms. The first-order valence-electron chi connectivity index (χ1n) is 7.76. The smallest absolute Gasteiger partial charge is 0.190 e. The third-order valence-corrected chi connectivity index (χ3v) is 5.16. The first-order chi connectivity index (χ1) is 11.6. The molecule has 0 spiro atoms. The second-order valence-corrected chi connectivity index (χ2v) is 6.91. The van der Waals surface area contributed by atoms with Gasteiger partial charge in [-0.2, -0.15) is 0 Å². The molecular formula is C20H19ClN2S. The third-order valence-electron chi connectivity index (χ3n) is 4.04. The normalized spacial score (nSPS) is 11.7. The summed E-state index contributed by atoms with van der Waals surface area (Å²) in [6, 6.07) is 14.1. The van der Waals surface area contributed by atoms with Crippen molar-refractivity contribution in [3.05, 3.63) is 81.5 Å². The number of benzene rings is 2. The van der Waals surface area contributed by atoms with E-state index in [2.05, 4.69) is 42.5 Å². The van der Waals surface area contributed by atoms with Gasteiger partial charge in [0.05, 0.1) is 11.4 Å². The van der Waals surface area contributed by atoms with Crippen molar-refractivity contribution in [1.82, 2.24) is 4.57 Å². The summed E-state index contributed by atoms with van der Waals surface area (Å²) in [7, 11) is 0. The van der Waals surface area contributed by atoms with Crippen LogP contribution >= 0.6 is 22.9 Å². The van der Waals surface area contributed by atoms with Gasteiger partial charge in [-0.05, 0) is 48.7 Å². The van der Waals surface area contributed by atoms with Gasteiger partial charge in [0.15, 0.2) is 4.80 Å². The molecule has 2 aromatic carbocycles. The molecule has 0 radical (unpaired) electrons. The standard InChI is InChI=1S/C20H19ClN2S/c1-4-12-23-19(16-8-10-17(21)11-9-16)13-24-20(23)22-18-7-5-6-14(2)15(18)3/h4-11,13H,1,12H2,2-3H3. The van der Waals surface area contributed by atoms with Crippen LogP contribution in [0.3, 0.4) is 0 Å². The van der Waals surface area contributed by atoms with E-state index < -0.39 is 0 Å². The number of allylic oxidation sites excluding steroid dienone is 1. The Labute approximate surface area is 151 Å². The van der Waals surface area contributed by atoms with Crippen molar-refractivity contribution in [2.24, 2.45) is 4.99 Å². The van der Waals surface area contributed by atoms with Crippen LogP contribution < -0.4 is 4.80 Å². The summed E-state index contributed by atoms with van der Waals surface area (Å²) in [6.45, 7) is 8.82. The third kappa shape index (κ3) is 3.37. The lowest BCUT2D eigenvalue weighted by atomic mass is 10.1. The molecular weight excluding hydrogens is 336 g/mol. The molecule has 24 heavy (non-hydrogen) atoms. The summed E-state index contributed by atoms with van der Waals surface area (Å²) in [5.41, 5.74) is 5.72. The molecule has 0 saturated carbocycles. The molecule has 1 aromatic heterocycles. The summed E-state index contributed by atoms with van der Waals surface area (Å²) in [5, 5.41) is 2.88. The summed E-state index contributed by atoms with van der Waals surface area (Å²) in [4.78, 5) is 5.86. The van der Waals surface area contributed by atoms with E-state index in [-0.39, 0.29) is 0 Å². The number of thiazole rings is 1. The first kappa shape index (κ1) is 16.7. The topological polar surface area (TPSA) is 17.3 Å². The van der Waals surface area contributed by atoms with Crippen LogP contribution in [0.4, 0.5) is 5.69 Å². The van der Waals surface area contributed by atoms with Gasteiger partial charge in [0, 0.05) is 16.9 Å². The van der Waals surface area contributed by atoms with E-state index in [1.54, 1.807) is 11.3 Å². The van der Waals surface area contributed by atoms with E-state index in [1.807, 2.05) is 36.4 Å². The number of hydrogen-bond donors (Lipinski definition) is 0. The monoisotopic (exact) mass is 354 g/mol. The summed E-state index contributed by atoms with van der Waals surface area (Å²) in [6.07, 6.45) is 1.90. The van der Waals surface area contributed by atoms with E-state index in [4.69, 9.17) is 16.6 Å². The maximum Gasteiger partial charge on any atom is 0.190 e. The number of halogens is 1. The van der Waals surface area contributed by atoms with Gasteiger partial charge >= 0.3 is 0 Å². The van der Waals surface area contributed by atoms with Gasteiger partial charge in [0.25, 0.3) is 0 Å². The highest BCUT2D eigenvalue weighted by Gasteiger charge is 2.08. The van der Waals surface area contributed by atoms with Crippen molar-refractivity contribution in [2.75, 3.05) is 0 Å². The fourth-order valence-electron chi connectivity index (χ4n) is 2.54. The second kappa shape index (κ2) is 7.20. The predicted octanol–water partition coefficient (Wildman–Crippen LogP) is 5.91. The zero-order chi connectivity index (χ0) is 17.1. The van der Waals surface area contributed by atoms with Crippen molar-refractivity contribution in [3.63, 3.8) is 0 Å². The van der Waals surface area contributed by atoms with Crippen LogP contribution in [0.25, 0.3) is 11.3 Å². The predicted molar refractivity (Wildman–Crippen MR) is 104 cm³/mol. The lowest BCUT2D eigenvalue weighted by Crippen LogP contribution is -2.14. The molecule has 122 valence electrons. The SMILES string of the molecule is C=CCn1c(-c2ccc(Cl)cc2)csc1=Nc1cccc(C)c1C. The number of aromatic nitrogens is 1. The molecule has 0 aliphatic heterocycles. The van der Waals surface area contributed by atoms with E-state index in [0.717, 1.165) is 26.8 Å². The maximum absolute atomic E-state index is 6.01. The Hall–Kier alpha value is -2.10. The Morgan fingerprint density at radius 1 is 1.17 bits per heavy atom. The Balaban J connectivity index is 2.15. The van der Waals surface area contributed by atoms with Crippen LogP contribution in [-0.2, 0) is 6.54 Å². The molecule has 0 bridgehead atoms. The molecule has 0 N–H and O–H groups in total. The molecule has 0 aliphatic carbocycles. The van der Waals surface area contributed by atoms with Crippen molar-refractivity contribution in [1.29, 1.82) is 0 Å². The quantitative estimate of drug-likeness (QED) is 0.518. The Morgan fingerprint density at radius 2 is 1.92 bits per heavy atom. The zero-order valence-electron chi connectivity index (χ0n) is 13.8. The van der Waals surface area contributed by atoms with Crippen LogP contribution in [0, 0.1) is 13.8 Å². The molecule has 0 amide bonds. The van der Waals surface area contributed by atoms with E-state index >= 15 is 0 Å². The highest BCUT2D eigenvalue weighted by Crippen LogP contribution is 2.24. The Bertz CT molecular complexity index is 933. The van der Waals surface area contributed by atoms with Crippen LogP contribution in [0.5, 0.6) is 0 Å². The Morgan fingerprint density at radius 3 is 2.62 bits per heavy atom. The summed E-state index contributed by atoms with van der Waals surface area (Å²) < 4.78 is 2.18. The van der Waals surface area contributed by atoms with E-state index in [1.165, 1.54) is 11.1 Å². The van der Waals surface area contributed by atoms with Gasteiger partial charge in [-0.25, -0.2) is 4.99 Å². The van der Waals surface area contributed by atoms with Crippen LogP contribution in [0.15, 0.2) is 65.5 Å². The zero-order valence-corrected chi connectivity index (χ0v) is 15.4. The second-order valence-electron chi connectivity index (χ2n) is 5.64. The highest BCUT2D eigenvalue weighted by molar-refractivity contribution is 7.07. The number of nitrogens with zero attached hydrogens (tertiary/aromatic N) is 2. The molecule has 3 rings (SSSR count). The number of aryl methyl sites for hydroxylation is 1. The molecule has 0 saturated heterocycles. The Kier molecular flexibility index (Phi) is 5.03. The lowest BCUT2D eigenvalue weighted by Gasteiger charge is -2.07. The van der Waals surface area contributed by atoms with Crippen molar-refractivity contribution < 1.29 is 0 Å². The van der Waals surface area contributed by atoms with Gasteiger partial charge in [-0.15, -0.1) is 17.9 Å². The van der Waals surface area contributed by atoms with Gasteiger partial charge in [0.2, 0.25) is 0 Å². The van der Waals surface area contributed by atoms with Crippen molar-refractivity contribution >= 4 is 28.6 Å². The van der Waals surface area contributed by atoms with Crippen LogP contribution in [0.2, 0.25) is 5.02 Å². The maximum atomic E-state index is 6.01. The number of rotatable bonds is 4. The van der Waals surface area contributed by atoms with Crippen LogP contribution in [-0.4, -0.2) is 4.57 Å². The minimum Gasteiger partial charge on any atom is -0.313 e. The molecule has 1 heterocycles. The number of hydrogen-bond acceptors (Lipinski definition) is 2. The van der Waals surface area contributed by atoms with Gasteiger partial charge in [-0.1, -0.05) is 41.9 Å². The lowest BCUT2D eigenvalue weighted by molar-refractivity contribution is 0.800. The van der Waals surface area contributed by atoms with Crippen molar-refractivity contribution in [2.45, 2.75) is 20.4 Å². The summed E-state index contributed by atoms with van der Waals surface area (Å²) in [5.74, 6) is 0. The molecule has 3 aromatic rings. The minimum absolute atomic E-state index is 0.713. The average Bonchev–Trinajstić information content (AvgIpc) is 2.96. The average molecular weight is 355 g/mol.